The number of nitrogens with one attached hydrogen (secondary N) is 1. The van der Waals surface area contributed by atoms with E-state index in [4.69, 9.17) is 5.73 Å². The summed E-state index contributed by atoms with van der Waals surface area (Å²) >= 11 is 1.55. The molecular weight excluding hydrogens is 184 g/mol. The zero-order chi connectivity index (χ0) is 9.26. The van der Waals surface area contributed by atoms with Crippen molar-refractivity contribution in [2.45, 2.75) is 17.6 Å². The Morgan fingerprint density at radius 3 is 3.31 bits per heavy atom. The smallest absolute Gasteiger partial charge is 0.189 e. The van der Waals surface area contributed by atoms with Gasteiger partial charge in [-0.1, -0.05) is 11.8 Å². The number of nitrogens with zero attached hydrogens (tertiary/aromatic N) is 2. The molecule has 0 saturated heterocycles. The van der Waals surface area contributed by atoms with Gasteiger partial charge in [0.15, 0.2) is 5.16 Å². The molecule has 1 aliphatic rings. The molecule has 1 aromatic rings. The van der Waals surface area contributed by atoms with Crippen molar-refractivity contribution in [3.8, 4) is 0 Å². The van der Waals surface area contributed by atoms with Gasteiger partial charge in [-0.3, -0.25) is 0 Å². The van der Waals surface area contributed by atoms with Crippen LogP contribution in [0.1, 0.15) is 5.56 Å². The molecule has 1 aliphatic heterocycles. The van der Waals surface area contributed by atoms with Crippen LogP contribution in [0.4, 0.5) is 5.82 Å². The van der Waals surface area contributed by atoms with Crippen LogP contribution in [0.25, 0.3) is 0 Å². The third-order valence-electron chi connectivity index (χ3n) is 2.04. The average molecular weight is 196 g/mol. The van der Waals surface area contributed by atoms with E-state index in [2.05, 4.69) is 15.3 Å². The van der Waals surface area contributed by atoms with E-state index >= 15 is 0 Å². The van der Waals surface area contributed by atoms with Crippen LogP contribution in [0, 0.1) is 0 Å². The summed E-state index contributed by atoms with van der Waals surface area (Å²) in [5, 5.41) is 4.00. The lowest BCUT2D eigenvalue weighted by atomic mass is 10.1. The van der Waals surface area contributed by atoms with Gasteiger partial charge in [-0.05, 0) is 12.7 Å². The van der Waals surface area contributed by atoms with E-state index < -0.39 is 0 Å². The number of thioether (sulfide) groups is 1. The summed E-state index contributed by atoms with van der Waals surface area (Å²) in [6.45, 7) is 0.803. The summed E-state index contributed by atoms with van der Waals surface area (Å²) in [5.74, 6) is 0.945. The molecule has 5 heteroatoms. The minimum atomic E-state index is 0.191. The first-order chi connectivity index (χ1) is 6.29. The SMILES string of the molecule is CSc1ncc2c(n1)NCC(N)C2. The third kappa shape index (κ3) is 1.76. The van der Waals surface area contributed by atoms with Crippen molar-refractivity contribution in [2.75, 3.05) is 18.1 Å². The number of fused-ring (bicyclic) bond motifs is 1. The Labute approximate surface area is 81.3 Å². The van der Waals surface area contributed by atoms with Crippen LogP contribution in [0.5, 0.6) is 0 Å². The lowest BCUT2D eigenvalue weighted by molar-refractivity contribution is 0.665. The van der Waals surface area contributed by atoms with Gasteiger partial charge in [0.2, 0.25) is 0 Å². The minimum Gasteiger partial charge on any atom is -0.368 e. The molecule has 2 heterocycles. The molecule has 0 amide bonds. The molecule has 3 N–H and O–H groups in total. The van der Waals surface area contributed by atoms with E-state index in [9.17, 15) is 0 Å². The molecule has 0 aliphatic carbocycles. The molecule has 0 bridgehead atoms. The van der Waals surface area contributed by atoms with Gasteiger partial charge in [-0.15, -0.1) is 0 Å². The highest BCUT2D eigenvalue weighted by molar-refractivity contribution is 7.98. The molecule has 13 heavy (non-hydrogen) atoms. The molecule has 0 spiro atoms. The Kier molecular flexibility index (Phi) is 2.37. The highest BCUT2D eigenvalue weighted by Crippen LogP contribution is 2.20. The predicted molar refractivity (Wildman–Crippen MR) is 54.0 cm³/mol. The van der Waals surface area contributed by atoms with E-state index in [0.717, 1.165) is 29.5 Å². The first-order valence-electron chi connectivity index (χ1n) is 4.19. The van der Waals surface area contributed by atoms with Crippen molar-refractivity contribution in [3.63, 3.8) is 0 Å². The molecule has 4 nitrogen and oxygen atoms in total. The van der Waals surface area contributed by atoms with Gasteiger partial charge < -0.3 is 11.1 Å². The van der Waals surface area contributed by atoms with Crippen LogP contribution in [0.3, 0.4) is 0 Å². The predicted octanol–water partition coefficient (Wildman–Crippen LogP) is 0.494. The lowest BCUT2D eigenvalue weighted by Gasteiger charge is -2.21. The van der Waals surface area contributed by atoms with Crippen molar-refractivity contribution in [2.24, 2.45) is 5.73 Å². The van der Waals surface area contributed by atoms with Crippen LogP contribution in [-0.4, -0.2) is 28.8 Å². The summed E-state index contributed by atoms with van der Waals surface area (Å²) in [5.41, 5.74) is 6.92. The topological polar surface area (TPSA) is 63.8 Å². The Balaban J connectivity index is 2.31. The fourth-order valence-electron chi connectivity index (χ4n) is 1.37. The molecular formula is C8H12N4S. The van der Waals surface area contributed by atoms with Gasteiger partial charge in [0.1, 0.15) is 5.82 Å². The molecule has 0 fully saturated rings. The maximum Gasteiger partial charge on any atom is 0.189 e. The number of aromatic nitrogens is 2. The van der Waals surface area contributed by atoms with Gasteiger partial charge in [0.25, 0.3) is 0 Å². The fraction of sp³-hybridized carbons (Fsp3) is 0.500. The maximum atomic E-state index is 5.80. The first-order valence-corrected chi connectivity index (χ1v) is 5.41. The van der Waals surface area contributed by atoms with E-state index in [0.29, 0.717) is 0 Å². The van der Waals surface area contributed by atoms with Gasteiger partial charge in [0, 0.05) is 24.3 Å². The summed E-state index contributed by atoms with van der Waals surface area (Å²) in [7, 11) is 0. The van der Waals surface area contributed by atoms with Gasteiger partial charge in [-0.25, -0.2) is 9.97 Å². The van der Waals surface area contributed by atoms with E-state index in [-0.39, 0.29) is 6.04 Å². The highest BCUT2D eigenvalue weighted by atomic mass is 32.2. The molecule has 1 unspecified atom stereocenters. The van der Waals surface area contributed by atoms with Crippen LogP contribution in [-0.2, 0) is 6.42 Å². The second kappa shape index (κ2) is 3.51. The van der Waals surface area contributed by atoms with Crippen LogP contribution in [0.15, 0.2) is 11.4 Å². The van der Waals surface area contributed by atoms with Crippen LogP contribution < -0.4 is 11.1 Å². The molecule has 2 rings (SSSR count). The molecule has 0 aromatic carbocycles. The van der Waals surface area contributed by atoms with E-state index in [1.54, 1.807) is 11.8 Å². The number of hydrogen-bond acceptors (Lipinski definition) is 5. The maximum absolute atomic E-state index is 5.80. The van der Waals surface area contributed by atoms with Crippen molar-refractivity contribution in [1.82, 2.24) is 9.97 Å². The van der Waals surface area contributed by atoms with Crippen molar-refractivity contribution < 1.29 is 0 Å². The quantitative estimate of drug-likeness (QED) is 0.505. The lowest BCUT2D eigenvalue weighted by Crippen LogP contribution is -2.35. The van der Waals surface area contributed by atoms with Crippen molar-refractivity contribution >= 4 is 17.6 Å². The minimum absolute atomic E-state index is 0.191. The Morgan fingerprint density at radius 2 is 2.54 bits per heavy atom. The van der Waals surface area contributed by atoms with Crippen molar-refractivity contribution in [1.29, 1.82) is 0 Å². The van der Waals surface area contributed by atoms with E-state index in [1.807, 2.05) is 12.5 Å². The zero-order valence-corrected chi connectivity index (χ0v) is 8.27. The van der Waals surface area contributed by atoms with Gasteiger partial charge in [-0.2, -0.15) is 0 Å². The van der Waals surface area contributed by atoms with Crippen LogP contribution in [0.2, 0.25) is 0 Å². The summed E-state index contributed by atoms with van der Waals surface area (Å²) < 4.78 is 0. The van der Waals surface area contributed by atoms with E-state index in [1.165, 1.54) is 0 Å². The van der Waals surface area contributed by atoms with Crippen molar-refractivity contribution in [3.05, 3.63) is 11.8 Å². The number of nitrogens with two attached hydrogens (primary N) is 1. The normalized spacial score (nSPS) is 20.6. The summed E-state index contributed by atoms with van der Waals surface area (Å²) in [4.78, 5) is 8.55. The van der Waals surface area contributed by atoms with Gasteiger partial charge in [0.05, 0.1) is 0 Å². The third-order valence-corrected chi connectivity index (χ3v) is 2.60. The largest absolute Gasteiger partial charge is 0.368 e. The average Bonchev–Trinajstić information content (AvgIpc) is 2.17. The number of hydrogen-bond donors (Lipinski definition) is 2. The van der Waals surface area contributed by atoms with Crippen LogP contribution >= 0.6 is 11.8 Å². The monoisotopic (exact) mass is 196 g/mol. The Hall–Kier alpha value is -0.810. The number of rotatable bonds is 1. The molecule has 0 radical (unpaired) electrons. The summed E-state index contributed by atoms with van der Waals surface area (Å²) in [6.07, 6.45) is 4.70. The second-order valence-electron chi connectivity index (χ2n) is 3.08. The molecule has 1 atom stereocenters. The highest BCUT2D eigenvalue weighted by Gasteiger charge is 2.16. The molecule has 0 saturated carbocycles. The first kappa shape index (κ1) is 8.77. The fourth-order valence-corrected chi connectivity index (χ4v) is 1.71. The van der Waals surface area contributed by atoms with Gasteiger partial charge >= 0.3 is 0 Å². The zero-order valence-electron chi connectivity index (χ0n) is 7.45. The summed E-state index contributed by atoms with van der Waals surface area (Å²) in [6, 6.07) is 0.191. The molecule has 1 aromatic heterocycles. The Morgan fingerprint density at radius 1 is 1.69 bits per heavy atom. The second-order valence-corrected chi connectivity index (χ2v) is 3.85. The Bertz CT molecular complexity index is 315. The molecule has 70 valence electrons. The number of anilines is 1. The standard InChI is InChI=1S/C8H12N4S/c1-13-8-11-3-5-2-6(9)4-10-7(5)12-8/h3,6H,2,4,9H2,1H3,(H,10,11,12).